The average molecular weight is 239 g/mol. The molecule has 0 radical (unpaired) electrons. The molecule has 0 atom stereocenters. The Bertz CT molecular complexity index is 680. The number of anilines is 1. The third-order valence-electron chi connectivity index (χ3n) is 2.86. The van der Waals surface area contributed by atoms with Crippen molar-refractivity contribution in [2.45, 2.75) is 6.92 Å². The highest BCUT2D eigenvalue weighted by Crippen LogP contribution is 2.21. The molecule has 0 aliphatic carbocycles. The molecule has 5 heteroatoms. The molecule has 3 aromatic rings. The topological polar surface area (TPSA) is 72.5 Å². The summed E-state index contributed by atoms with van der Waals surface area (Å²) < 4.78 is 2.03. The lowest BCUT2D eigenvalue weighted by molar-refractivity contribution is 0.975. The van der Waals surface area contributed by atoms with Gasteiger partial charge in [-0.1, -0.05) is 12.1 Å². The maximum atomic E-state index is 5.62. The number of H-pyrrole nitrogens is 1. The minimum absolute atomic E-state index is 0.495. The zero-order valence-corrected chi connectivity index (χ0v) is 9.96. The van der Waals surface area contributed by atoms with Gasteiger partial charge in [0.15, 0.2) is 0 Å². The summed E-state index contributed by atoms with van der Waals surface area (Å²) in [7, 11) is 0. The van der Waals surface area contributed by atoms with Crippen molar-refractivity contribution in [1.29, 1.82) is 0 Å². The quantitative estimate of drug-likeness (QED) is 0.719. The monoisotopic (exact) mass is 239 g/mol. The van der Waals surface area contributed by atoms with E-state index in [1.807, 2.05) is 42.0 Å². The van der Waals surface area contributed by atoms with E-state index in [0.717, 1.165) is 22.8 Å². The first-order valence-corrected chi connectivity index (χ1v) is 5.66. The van der Waals surface area contributed by atoms with Crippen molar-refractivity contribution in [3.8, 4) is 16.9 Å². The van der Waals surface area contributed by atoms with Crippen LogP contribution in [0.4, 0.5) is 5.82 Å². The van der Waals surface area contributed by atoms with Crippen LogP contribution in [-0.2, 0) is 0 Å². The Morgan fingerprint density at radius 2 is 2.17 bits per heavy atom. The molecular formula is C13H13N5. The van der Waals surface area contributed by atoms with Gasteiger partial charge in [0.2, 0.25) is 0 Å². The molecule has 0 saturated carbocycles. The summed E-state index contributed by atoms with van der Waals surface area (Å²) in [5, 5.41) is 6.85. The number of imidazole rings is 1. The van der Waals surface area contributed by atoms with Crippen LogP contribution in [0.3, 0.4) is 0 Å². The van der Waals surface area contributed by atoms with Crippen molar-refractivity contribution in [2.75, 3.05) is 5.73 Å². The number of aryl methyl sites for hydroxylation is 1. The van der Waals surface area contributed by atoms with Crippen LogP contribution in [0.2, 0.25) is 0 Å². The maximum Gasteiger partial charge on any atom is 0.145 e. The summed E-state index contributed by atoms with van der Waals surface area (Å²) in [5.41, 5.74) is 8.64. The molecule has 0 fully saturated rings. The lowest BCUT2D eigenvalue weighted by Crippen LogP contribution is -1.95. The molecule has 0 saturated heterocycles. The predicted molar refractivity (Wildman–Crippen MR) is 70.3 cm³/mol. The van der Waals surface area contributed by atoms with E-state index in [2.05, 4.69) is 21.2 Å². The Morgan fingerprint density at radius 3 is 2.83 bits per heavy atom. The van der Waals surface area contributed by atoms with Crippen LogP contribution in [0.5, 0.6) is 0 Å². The number of rotatable bonds is 2. The summed E-state index contributed by atoms with van der Waals surface area (Å²) in [4.78, 5) is 4.22. The van der Waals surface area contributed by atoms with Crippen LogP contribution < -0.4 is 5.73 Å². The van der Waals surface area contributed by atoms with E-state index in [9.17, 15) is 0 Å². The number of nitrogen functional groups attached to an aromatic ring is 1. The summed E-state index contributed by atoms with van der Waals surface area (Å²) in [6, 6.07) is 9.95. The number of hydrogen-bond acceptors (Lipinski definition) is 3. The molecule has 0 aliphatic rings. The second kappa shape index (κ2) is 4.03. The van der Waals surface area contributed by atoms with Crippen LogP contribution in [0, 0.1) is 6.92 Å². The highest BCUT2D eigenvalue weighted by Gasteiger charge is 2.05. The SMILES string of the molecule is Cc1nccn1-c1cccc(-c2cc(N)n[nH]2)c1. The fourth-order valence-corrected chi connectivity index (χ4v) is 1.96. The Labute approximate surface area is 104 Å². The van der Waals surface area contributed by atoms with Crippen LogP contribution in [-0.4, -0.2) is 19.7 Å². The van der Waals surface area contributed by atoms with E-state index in [0.29, 0.717) is 5.82 Å². The Hall–Kier alpha value is -2.56. The normalized spacial score (nSPS) is 10.7. The largest absolute Gasteiger partial charge is 0.382 e. The van der Waals surface area contributed by atoms with Crippen LogP contribution in [0.1, 0.15) is 5.82 Å². The van der Waals surface area contributed by atoms with Gasteiger partial charge >= 0.3 is 0 Å². The van der Waals surface area contributed by atoms with Gasteiger partial charge in [0.25, 0.3) is 0 Å². The van der Waals surface area contributed by atoms with Crippen molar-refractivity contribution in [3.05, 3.63) is 48.5 Å². The minimum atomic E-state index is 0.495. The van der Waals surface area contributed by atoms with Gasteiger partial charge in [-0.3, -0.25) is 5.10 Å². The lowest BCUT2D eigenvalue weighted by Gasteiger charge is -2.06. The predicted octanol–water partition coefficient (Wildman–Crippen LogP) is 2.15. The van der Waals surface area contributed by atoms with Gasteiger partial charge in [-0.2, -0.15) is 5.10 Å². The van der Waals surface area contributed by atoms with Gasteiger partial charge in [0, 0.05) is 29.7 Å². The molecule has 0 spiro atoms. The molecule has 3 rings (SSSR count). The Morgan fingerprint density at radius 1 is 1.28 bits per heavy atom. The van der Waals surface area contributed by atoms with E-state index in [1.165, 1.54) is 0 Å². The van der Waals surface area contributed by atoms with E-state index < -0.39 is 0 Å². The van der Waals surface area contributed by atoms with Crippen LogP contribution in [0.25, 0.3) is 16.9 Å². The van der Waals surface area contributed by atoms with Gasteiger partial charge in [-0.05, 0) is 19.1 Å². The smallest absolute Gasteiger partial charge is 0.145 e. The highest BCUT2D eigenvalue weighted by molar-refractivity contribution is 5.64. The maximum absolute atomic E-state index is 5.62. The summed E-state index contributed by atoms with van der Waals surface area (Å²) in [6.07, 6.45) is 3.73. The Balaban J connectivity index is 2.07. The van der Waals surface area contributed by atoms with Crippen LogP contribution >= 0.6 is 0 Å². The molecule has 90 valence electrons. The third kappa shape index (κ3) is 1.75. The number of nitrogens with two attached hydrogens (primary N) is 1. The van der Waals surface area contributed by atoms with E-state index >= 15 is 0 Å². The number of nitrogens with zero attached hydrogens (tertiary/aromatic N) is 3. The van der Waals surface area contributed by atoms with Gasteiger partial charge in [0.05, 0.1) is 5.69 Å². The molecule has 0 amide bonds. The number of nitrogens with one attached hydrogen (secondary N) is 1. The average Bonchev–Trinajstić information content (AvgIpc) is 2.98. The molecule has 2 heterocycles. The zero-order chi connectivity index (χ0) is 12.5. The van der Waals surface area contributed by atoms with E-state index in [4.69, 9.17) is 5.73 Å². The molecule has 1 aromatic carbocycles. The third-order valence-corrected chi connectivity index (χ3v) is 2.86. The molecule has 18 heavy (non-hydrogen) atoms. The summed E-state index contributed by atoms with van der Waals surface area (Å²) in [6.45, 7) is 1.97. The minimum Gasteiger partial charge on any atom is -0.382 e. The van der Waals surface area contributed by atoms with Crippen molar-refractivity contribution in [2.24, 2.45) is 0 Å². The molecule has 5 nitrogen and oxygen atoms in total. The standard InChI is InChI=1S/C13H13N5/c1-9-15-5-6-18(9)11-4-2-3-10(7-11)12-8-13(14)17-16-12/h2-8H,1H3,(H3,14,16,17). The van der Waals surface area contributed by atoms with Crippen molar-refractivity contribution >= 4 is 5.82 Å². The number of aromatic amines is 1. The fraction of sp³-hybridized carbons (Fsp3) is 0.0769. The molecule has 0 aliphatic heterocycles. The van der Waals surface area contributed by atoms with Crippen molar-refractivity contribution in [1.82, 2.24) is 19.7 Å². The number of hydrogen-bond donors (Lipinski definition) is 2. The second-order valence-electron chi connectivity index (χ2n) is 4.10. The highest BCUT2D eigenvalue weighted by atomic mass is 15.2. The first kappa shape index (κ1) is 10.6. The van der Waals surface area contributed by atoms with Crippen molar-refractivity contribution < 1.29 is 0 Å². The first-order chi connectivity index (χ1) is 8.74. The molecule has 2 aromatic heterocycles. The fourth-order valence-electron chi connectivity index (χ4n) is 1.96. The van der Waals surface area contributed by atoms with Gasteiger partial charge in [0.1, 0.15) is 11.6 Å². The summed E-state index contributed by atoms with van der Waals surface area (Å²) >= 11 is 0. The van der Waals surface area contributed by atoms with Gasteiger partial charge < -0.3 is 10.3 Å². The lowest BCUT2D eigenvalue weighted by atomic mass is 10.1. The molecule has 0 unspecified atom stereocenters. The van der Waals surface area contributed by atoms with E-state index in [-0.39, 0.29) is 0 Å². The molecular weight excluding hydrogens is 226 g/mol. The van der Waals surface area contributed by atoms with Crippen LogP contribution in [0.15, 0.2) is 42.7 Å². The van der Waals surface area contributed by atoms with Crippen molar-refractivity contribution in [3.63, 3.8) is 0 Å². The Kier molecular flexibility index (Phi) is 2.37. The van der Waals surface area contributed by atoms with Gasteiger partial charge in [-0.15, -0.1) is 0 Å². The summed E-state index contributed by atoms with van der Waals surface area (Å²) in [5.74, 6) is 1.45. The number of benzene rings is 1. The van der Waals surface area contributed by atoms with Gasteiger partial charge in [-0.25, -0.2) is 4.98 Å². The first-order valence-electron chi connectivity index (χ1n) is 5.66. The van der Waals surface area contributed by atoms with E-state index in [1.54, 1.807) is 6.20 Å². The zero-order valence-electron chi connectivity index (χ0n) is 9.96. The second-order valence-corrected chi connectivity index (χ2v) is 4.10. The number of aromatic nitrogens is 4. The molecule has 0 bridgehead atoms. The molecule has 3 N–H and O–H groups in total.